The van der Waals surface area contributed by atoms with Crippen LogP contribution in [0.3, 0.4) is 0 Å². The molecule has 2 atom stereocenters. The summed E-state index contributed by atoms with van der Waals surface area (Å²) < 4.78 is 0. The Morgan fingerprint density at radius 3 is 1.87 bits per heavy atom. The number of rotatable bonds is 6. The minimum Gasteiger partial charge on any atom is -0.481 e. The number of aliphatic carboxylic acids is 1. The van der Waals surface area contributed by atoms with E-state index in [4.69, 9.17) is 0 Å². The lowest BCUT2D eigenvalue weighted by molar-refractivity contribution is -0.146. The molecule has 15 heavy (non-hydrogen) atoms. The molecule has 0 aromatic carbocycles. The van der Waals surface area contributed by atoms with Gasteiger partial charge in [-0.05, 0) is 32.4 Å². The van der Waals surface area contributed by atoms with Crippen LogP contribution in [0.2, 0.25) is 0 Å². The molecule has 0 heterocycles. The average Bonchev–Trinajstić information content (AvgIpc) is 2.00. The Hall–Kier alpha value is -0.570. The van der Waals surface area contributed by atoms with Crippen LogP contribution in [0.15, 0.2) is 0 Å². The van der Waals surface area contributed by atoms with Crippen molar-refractivity contribution in [3.05, 3.63) is 0 Å². The normalized spacial score (nSPS) is 16.1. The van der Waals surface area contributed by atoms with Crippen molar-refractivity contribution in [3.63, 3.8) is 0 Å². The van der Waals surface area contributed by atoms with Gasteiger partial charge in [-0.2, -0.15) is 0 Å². The standard InChI is InChI=1S/C12H25NO2/c1-8(2)7-10(13(5)6)11(9(3)4)12(14)15/h8-11H,7H2,1-6H3,(H,14,15). The fourth-order valence-corrected chi connectivity index (χ4v) is 2.06. The summed E-state index contributed by atoms with van der Waals surface area (Å²) in [4.78, 5) is 13.3. The van der Waals surface area contributed by atoms with E-state index in [-0.39, 0.29) is 17.9 Å². The minimum atomic E-state index is -0.677. The molecule has 90 valence electrons. The second-order valence-electron chi connectivity index (χ2n) is 5.27. The van der Waals surface area contributed by atoms with E-state index in [2.05, 4.69) is 13.8 Å². The summed E-state index contributed by atoms with van der Waals surface area (Å²) in [6, 6.07) is 0.127. The second kappa shape index (κ2) is 6.11. The third-order valence-corrected chi connectivity index (χ3v) is 2.79. The van der Waals surface area contributed by atoms with Crippen molar-refractivity contribution in [2.75, 3.05) is 14.1 Å². The molecule has 0 saturated heterocycles. The number of hydrogen-bond donors (Lipinski definition) is 1. The van der Waals surface area contributed by atoms with Gasteiger partial charge >= 0.3 is 5.97 Å². The minimum absolute atomic E-state index is 0.127. The molecule has 0 fully saturated rings. The van der Waals surface area contributed by atoms with Crippen LogP contribution >= 0.6 is 0 Å². The first kappa shape index (κ1) is 14.4. The van der Waals surface area contributed by atoms with Gasteiger partial charge in [-0.15, -0.1) is 0 Å². The van der Waals surface area contributed by atoms with Crippen LogP contribution in [0.1, 0.15) is 34.1 Å². The summed E-state index contributed by atoms with van der Waals surface area (Å²) in [6.45, 7) is 8.23. The second-order valence-corrected chi connectivity index (χ2v) is 5.27. The van der Waals surface area contributed by atoms with Gasteiger partial charge in [-0.1, -0.05) is 27.7 Å². The molecular formula is C12H25NO2. The third-order valence-electron chi connectivity index (χ3n) is 2.79. The molecule has 0 bridgehead atoms. The van der Waals surface area contributed by atoms with Crippen LogP contribution in [-0.2, 0) is 4.79 Å². The molecule has 0 aliphatic carbocycles. The first-order valence-corrected chi connectivity index (χ1v) is 5.66. The van der Waals surface area contributed by atoms with Crippen molar-refractivity contribution in [2.45, 2.75) is 40.2 Å². The molecule has 3 heteroatoms. The van der Waals surface area contributed by atoms with Gasteiger partial charge in [0, 0.05) is 6.04 Å². The van der Waals surface area contributed by atoms with Gasteiger partial charge in [-0.25, -0.2) is 0 Å². The van der Waals surface area contributed by atoms with Gasteiger partial charge in [0.2, 0.25) is 0 Å². The monoisotopic (exact) mass is 215 g/mol. The van der Waals surface area contributed by atoms with Gasteiger partial charge in [0.05, 0.1) is 5.92 Å². The molecule has 2 unspecified atom stereocenters. The lowest BCUT2D eigenvalue weighted by atomic mass is 9.83. The molecule has 0 rings (SSSR count). The fourth-order valence-electron chi connectivity index (χ4n) is 2.06. The van der Waals surface area contributed by atoms with Crippen molar-refractivity contribution in [1.82, 2.24) is 4.90 Å². The fraction of sp³-hybridized carbons (Fsp3) is 0.917. The molecule has 3 nitrogen and oxygen atoms in total. The highest BCUT2D eigenvalue weighted by atomic mass is 16.4. The van der Waals surface area contributed by atoms with Crippen LogP contribution in [0.5, 0.6) is 0 Å². The summed E-state index contributed by atoms with van der Waals surface area (Å²) in [5.74, 6) is -0.251. The SMILES string of the molecule is CC(C)CC(C(C(=O)O)C(C)C)N(C)C. The topological polar surface area (TPSA) is 40.5 Å². The van der Waals surface area contributed by atoms with E-state index in [0.29, 0.717) is 5.92 Å². The summed E-state index contributed by atoms with van der Waals surface area (Å²) in [5.41, 5.74) is 0. The molecule has 1 N–H and O–H groups in total. The van der Waals surface area contributed by atoms with E-state index in [1.54, 1.807) is 0 Å². The Kier molecular flexibility index (Phi) is 5.88. The first-order chi connectivity index (χ1) is 6.77. The van der Waals surface area contributed by atoms with Crippen molar-refractivity contribution in [2.24, 2.45) is 17.8 Å². The number of carbonyl (C=O) groups is 1. The molecule has 0 aliphatic heterocycles. The summed E-state index contributed by atoms with van der Waals surface area (Å²) in [7, 11) is 3.93. The largest absolute Gasteiger partial charge is 0.481 e. The number of hydrogen-bond acceptors (Lipinski definition) is 2. The third kappa shape index (κ3) is 4.65. The van der Waals surface area contributed by atoms with E-state index in [1.165, 1.54) is 0 Å². The van der Waals surface area contributed by atoms with E-state index in [1.807, 2.05) is 32.8 Å². The van der Waals surface area contributed by atoms with Crippen LogP contribution in [0.25, 0.3) is 0 Å². The molecule has 0 aromatic heterocycles. The Bertz CT molecular complexity index is 200. The van der Waals surface area contributed by atoms with Crippen molar-refractivity contribution in [3.8, 4) is 0 Å². The quantitative estimate of drug-likeness (QED) is 0.739. The maximum absolute atomic E-state index is 11.2. The summed E-state index contributed by atoms with van der Waals surface area (Å²) in [5, 5.41) is 9.25. The average molecular weight is 215 g/mol. The maximum atomic E-state index is 11.2. The maximum Gasteiger partial charge on any atom is 0.308 e. The van der Waals surface area contributed by atoms with Crippen molar-refractivity contribution in [1.29, 1.82) is 0 Å². The highest BCUT2D eigenvalue weighted by molar-refractivity contribution is 5.71. The molecule has 0 saturated carbocycles. The van der Waals surface area contributed by atoms with Crippen molar-refractivity contribution < 1.29 is 9.90 Å². The number of carboxylic acids is 1. The predicted octanol–water partition coefficient (Wildman–Crippen LogP) is 2.32. The van der Waals surface area contributed by atoms with Crippen LogP contribution in [-0.4, -0.2) is 36.1 Å². The highest BCUT2D eigenvalue weighted by Crippen LogP contribution is 2.24. The van der Waals surface area contributed by atoms with Crippen LogP contribution < -0.4 is 0 Å². The lowest BCUT2D eigenvalue weighted by Crippen LogP contribution is -2.42. The van der Waals surface area contributed by atoms with E-state index >= 15 is 0 Å². The number of nitrogens with zero attached hydrogens (tertiary/aromatic N) is 1. The zero-order valence-corrected chi connectivity index (χ0v) is 10.8. The lowest BCUT2D eigenvalue weighted by Gasteiger charge is -2.33. The van der Waals surface area contributed by atoms with Crippen LogP contribution in [0, 0.1) is 17.8 Å². The zero-order chi connectivity index (χ0) is 12.2. The Morgan fingerprint density at radius 2 is 1.67 bits per heavy atom. The molecule has 0 amide bonds. The van der Waals surface area contributed by atoms with Crippen LogP contribution in [0.4, 0.5) is 0 Å². The molecule has 0 radical (unpaired) electrons. The highest BCUT2D eigenvalue weighted by Gasteiger charge is 2.32. The first-order valence-electron chi connectivity index (χ1n) is 5.66. The Labute approximate surface area is 93.5 Å². The molecule has 0 spiro atoms. The smallest absolute Gasteiger partial charge is 0.308 e. The Balaban J connectivity index is 4.76. The van der Waals surface area contributed by atoms with E-state index < -0.39 is 5.97 Å². The molecule has 0 aromatic rings. The van der Waals surface area contributed by atoms with Gasteiger partial charge in [0.1, 0.15) is 0 Å². The number of carboxylic acid groups (broad SMARTS) is 1. The van der Waals surface area contributed by atoms with Gasteiger partial charge in [-0.3, -0.25) is 4.79 Å². The Morgan fingerprint density at radius 1 is 1.20 bits per heavy atom. The molecular weight excluding hydrogens is 190 g/mol. The van der Waals surface area contributed by atoms with Crippen molar-refractivity contribution >= 4 is 5.97 Å². The zero-order valence-electron chi connectivity index (χ0n) is 10.8. The van der Waals surface area contributed by atoms with E-state index in [9.17, 15) is 9.90 Å². The van der Waals surface area contributed by atoms with Gasteiger partial charge in [0.25, 0.3) is 0 Å². The predicted molar refractivity (Wildman–Crippen MR) is 62.9 cm³/mol. The van der Waals surface area contributed by atoms with Gasteiger partial charge < -0.3 is 10.0 Å². The summed E-state index contributed by atoms with van der Waals surface area (Å²) in [6.07, 6.45) is 0.933. The van der Waals surface area contributed by atoms with Gasteiger partial charge in [0.15, 0.2) is 0 Å². The molecule has 0 aliphatic rings. The summed E-state index contributed by atoms with van der Waals surface area (Å²) >= 11 is 0. The van der Waals surface area contributed by atoms with E-state index in [0.717, 1.165) is 6.42 Å².